The van der Waals surface area contributed by atoms with E-state index in [2.05, 4.69) is 14.8 Å². The average Bonchev–Trinajstić information content (AvgIpc) is 2.50. The number of aryl methyl sites for hydroxylation is 1. The van der Waals surface area contributed by atoms with Crippen LogP contribution in [0.3, 0.4) is 0 Å². The maximum Gasteiger partial charge on any atom is 0.191 e. The summed E-state index contributed by atoms with van der Waals surface area (Å²) in [5.74, 6) is 2.94. The molecule has 0 unspecified atom stereocenters. The Balaban J connectivity index is 2.01. The maximum atomic E-state index is 5.66. The molecule has 1 aliphatic heterocycles. The number of alkyl halides is 1. The Labute approximate surface area is 99.6 Å². The Morgan fingerprint density at radius 2 is 2.20 bits per heavy atom. The van der Waals surface area contributed by atoms with Crippen LogP contribution in [0.15, 0.2) is 5.16 Å². The lowest BCUT2D eigenvalue weighted by Gasteiger charge is -2.05. The van der Waals surface area contributed by atoms with Gasteiger partial charge in [0.05, 0.1) is 0 Å². The SMILES string of the molecule is ClCCCSc1nnc2n1CCCCC2. The molecule has 2 heterocycles. The second kappa shape index (κ2) is 5.75. The van der Waals surface area contributed by atoms with Crippen LogP contribution in [0, 0.1) is 0 Å². The third-order valence-corrected chi connectivity index (χ3v) is 3.90. The molecule has 0 spiro atoms. The summed E-state index contributed by atoms with van der Waals surface area (Å²) in [6.07, 6.45) is 5.95. The highest BCUT2D eigenvalue weighted by atomic mass is 35.5. The van der Waals surface area contributed by atoms with Crippen molar-refractivity contribution >= 4 is 23.4 Å². The fourth-order valence-electron chi connectivity index (χ4n) is 1.78. The van der Waals surface area contributed by atoms with E-state index in [1.54, 1.807) is 11.8 Å². The molecule has 1 aliphatic rings. The minimum Gasteiger partial charge on any atom is -0.306 e. The van der Waals surface area contributed by atoms with E-state index in [0.717, 1.165) is 36.2 Å². The van der Waals surface area contributed by atoms with Gasteiger partial charge in [0.15, 0.2) is 5.16 Å². The lowest BCUT2D eigenvalue weighted by atomic mass is 10.2. The molecular formula is C10H16ClN3S. The van der Waals surface area contributed by atoms with Crippen LogP contribution in [0.4, 0.5) is 0 Å². The zero-order chi connectivity index (χ0) is 10.5. The van der Waals surface area contributed by atoms with E-state index in [9.17, 15) is 0 Å². The molecule has 1 aromatic heterocycles. The number of halogens is 1. The number of aromatic nitrogens is 3. The van der Waals surface area contributed by atoms with E-state index >= 15 is 0 Å². The van der Waals surface area contributed by atoms with Crippen molar-refractivity contribution < 1.29 is 0 Å². The van der Waals surface area contributed by atoms with Crippen LogP contribution in [0.2, 0.25) is 0 Å². The van der Waals surface area contributed by atoms with Gasteiger partial charge in [0.1, 0.15) is 5.82 Å². The lowest BCUT2D eigenvalue weighted by molar-refractivity contribution is 0.591. The van der Waals surface area contributed by atoms with Crippen LogP contribution in [0.25, 0.3) is 0 Å². The van der Waals surface area contributed by atoms with Gasteiger partial charge in [-0.15, -0.1) is 21.8 Å². The first-order valence-corrected chi connectivity index (χ1v) is 7.04. The highest BCUT2D eigenvalue weighted by molar-refractivity contribution is 7.99. The van der Waals surface area contributed by atoms with Crippen molar-refractivity contribution in [3.05, 3.63) is 5.82 Å². The first kappa shape index (κ1) is 11.3. The molecule has 3 nitrogen and oxygen atoms in total. The Kier molecular flexibility index (Phi) is 4.32. The summed E-state index contributed by atoms with van der Waals surface area (Å²) in [7, 11) is 0. The molecule has 0 saturated carbocycles. The van der Waals surface area contributed by atoms with Crippen molar-refractivity contribution in [3.8, 4) is 0 Å². The monoisotopic (exact) mass is 245 g/mol. The minimum absolute atomic E-state index is 0.730. The fourth-order valence-corrected chi connectivity index (χ4v) is 3.00. The van der Waals surface area contributed by atoms with Crippen molar-refractivity contribution in [2.45, 2.75) is 43.8 Å². The van der Waals surface area contributed by atoms with E-state index in [-0.39, 0.29) is 0 Å². The van der Waals surface area contributed by atoms with Crippen LogP contribution < -0.4 is 0 Å². The van der Waals surface area contributed by atoms with Crippen molar-refractivity contribution in [1.82, 2.24) is 14.8 Å². The number of rotatable bonds is 4. The molecule has 0 atom stereocenters. The minimum atomic E-state index is 0.730. The third-order valence-electron chi connectivity index (χ3n) is 2.58. The van der Waals surface area contributed by atoms with Gasteiger partial charge in [0.2, 0.25) is 0 Å². The molecule has 0 saturated heterocycles. The van der Waals surface area contributed by atoms with Gasteiger partial charge >= 0.3 is 0 Å². The van der Waals surface area contributed by atoms with E-state index in [4.69, 9.17) is 11.6 Å². The van der Waals surface area contributed by atoms with Gasteiger partial charge in [0, 0.05) is 24.6 Å². The Hall–Kier alpha value is -0.220. The second-order valence-corrected chi connectivity index (χ2v) is 5.19. The number of hydrogen-bond acceptors (Lipinski definition) is 3. The van der Waals surface area contributed by atoms with Gasteiger partial charge in [-0.2, -0.15) is 0 Å². The van der Waals surface area contributed by atoms with Gasteiger partial charge in [0.25, 0.3) is 0 Å². The van der Waals surface area contributed by atoms with Crippen molar-refractivity contribution in [1.29, 1.82) is 0 Å². The molecule has 0 fully saturated rings. The van der Waals surface area contributed by atoms with Crippen LogP contribution in [0.1, 0.15) is 31.5 Å². The fraction of sp³-hybridized carbons (Fsp3) is 0.800. The number of hydrogen-bond donors (Lipinski definition) is 0. The van der Waals surface area contributed by atoms with Gasteiger partial charge in [-0.1, -0.05) is 18.2 Å². The Bertz CT molecular complexity index is 314. The van der Waals surface area contributed by atoms with Gasteiger partial charge < -0.3 is 4.57 Å². The first-order chi connectivity index (χ1) is 7.42. The first-order valence-electron chi connectivity index (χ1n) is 5.52. The summed E-state index contributed by atoms with van der Waals surface area (Å²) in [5.41, 5.74) is 0. The highest BCUT2D eigenvalue weighted by Gasteiger charge is 2.14. The van der Waals surface area contributed by atoms with E-state index in [1.165, 1.54) is 25.1 Å². The molecule has 1 aromatic rings. The summed E-state index contributed by atoms with van der Waals surface area (Å²) in [6.45, 7) is 1.09. The van der Waals surface area contributed by atoms with E-state index < -0.39 is 0 Å². The van der Waals surface area contributed by atoms with E-state index in [0.29, 0.717) is 0 Å². The predicted octanol–water partition coefficient (Wildman–Crippen LogP) is 2.73. The summed E-state index contributed by atoms with van der Waals surface area (Å²) < 4.78 is 2.28. The second-order valence-electron chi connectivity index (χ2n) is 3.75. The summed E-state index contributed by atoms with van der Waals surface area (Å²) in [4.78, 5) is 0. The van der Waals surface area contributed by atoms with Crippen molar-refractivity contribution in [2.75, 3.05) is 11.6 Å². The smallest absolute Gasteiger partial charge is 0.191 e. The largest absolute Gasteiger partial charge is 0.306 e. The zero-order valence-electron chi connectivity index (χ0n) is 8.78. The van der Waals surface area contributed by atoms with Gasteiger partial charge in [-0.25, -0.2) is 0 Å². The van der Waals surface area contributed by atoms with Crippen LogP contribution in [-0.2, 0) is 13.0 Å². The molecule has 0 aliphatic carbocycles. The third kappa shape index (κ3) is 2.88. The molecule has 0 bridgehead atoms. The van der Waals surface area contributed by atoms with Crippen molar-refractivity contribution in [2.24, 2.45) is 0 Å². The molecule has 0 radical (unpaired) electrons. The lowest BCUT2D eigenvalue weighted by Crippen LogP contribution is -2.02. The average molecular weight is 246 g/mol. The van der Waals surface area contributed by atoms with Crippen LogP contribution in [0.5, 0.6) is 0 Å². The van der Waals surface area contributed by atoms with Gasteiger partial charge in [-0.3, -0.25) is 0 Å². The summed E-state index contributed by atoms with van der Waals surface area (Å²) in [6, 6.07) is 0. The quantitative estimate of drug-likeness (QED) is 0.464. The summed E-state index contributed by atoms with van der Waals surface area (Å²) in [5, 5.41) is 9.58. The molecule has 5 heteroatoms. The number of fused-ring (bicyclic) bond motifs is 1. The van der Waals surface area contributed by atoms with Crippen molar-refractivity contribution in [3.63, 3.8) is 0 Å². The molecule has 0 aromatic carbocycles. The molecule has 84 valence electrons. The predicted molar refractivity (Wildman–Crippen MR) is 63.6 cm³/mol. The molecule has 0 N–H and O–H groups in total. The molecule has 2 rings (SSSR count). The Morgan fingerprint density at radius 3 is 3.07 bits per heavy atom. The highest BCUT2D eigenvalue weighted by Crippen LogP contribution is 2.22. The standard InChI is InChI=1S/C10H16ClN3S/c11-6-4-8-15-10-13-12-9-5-2-1-3-7-14(9)10/h1-8H2. The summed E-state index contributed by atoms with van der Waals surface area (Å²) >= 11 is 7.44. The molecule has 0 amide bonds. The van der Waals surface area contributed by atoms with Gasteiger partial charge in [-0.05, 0) is 19.3 Å². The Morgan fingerprint density at radius 1 is 1.27 bits per heavy atom. The van der Waals surface area contributed by atoms with Crippen LogP contribution >= 0.6 is 23.4 Å². The zero-order valence-corrected chi connectivity index (χ0v) is 10.4. The van der Waals surface area contributed by atoms with Crippen LogP contribution in [-0.4, -0.2) is 26.4 Å². The molecule has 15 heavy (non-hydrogen) atoms. The topological polar surface area (TPSA) is 30.7 Å². The number of nitrogens with zero attached hydrogens (tertiary/aromatic N) is 3. The number of thioether (sulfide) groups is 1. The normalized spacial score (nSPS) is 16.1. The maximum absolute atomic E-state index is 5.66. The molecular weight excluding hydrogens is 230 g/mol. The van der Waals surface area contributed by atoms with E-state index in [1.807, 2.05) is 0 Å².